The number of nitrogen functional groups attached to an aromatic ring is 1. The number of aromatic nitrogens is 2. The largest absolute Gasteiger partial charge is 0.393 e. The van der Waals surface area contributed by atoms with E-state index in [2.05, 4.69) is 4.98 Å². The molecule has 2 heterocycles. The van der Waals surface area contributed by atoms with Gasteiger partial charge in [0.15, 0.2) is 11.6 Å². The van der Waals surface area contributed by atoms with E-state index in [0.717, 1.165) is 10.8 Å². The molecule has 1 saturated heterocycles. The van der Waals surface area contributed by atoms with E-state index in [1.807, 2.05) is 0 Å². The highest BCUT2D eigenvalue weighted by molar-refractivity contribution is 8.00. The van der Waals surface area contributed by atoms with Crippen molar-refractivity contribution in [3.63, 3.8) is 0 Å². The quantitative estimate of drug-likeness (QED) is 0.735. The van der Waals surface area contributed by atoms with Gasteiger partial charge in [0.1, 0.15) is 10.8 Å². The van der Waals surface area contributed by atoms with E-state index in [1.54, 1.807) is 0 Å². The van der Waals surface area contributed by atoms with Gasteiger partial charge in [-0.2, -0.15) is 4.98 Å². The maximum atomic E-state index is 13.1. The van der Waals surface area contributed by atoms with Crippen LogP contribution in [0.15, 0.2) is 11.0 Å². The molecule has 0 radical (unpaired) electrons. The van der Waals surface area contributed by atoms with E-state index < -0.39 is 22.8 Å². The molecule has 0 unspecified atom stereocenters. The highest BCUT2D eigenvalue weighted by Gasteiger charge is 2.28. The van der Waals surface area contributed by atoms with Crippen molar-refractivity contribution in [3.8, 4) is 0 Å². The van der Waals surface area contributed by atoms with Crippen molar-refractivity contribution in [2.75, 3.05) is 18.9 Å². The minimum absolute atomic E-state index is 0.152. The van der Waals surface area contributed by atoms with E-state index in [1.165, 1.54) is 11.8 Å². The van der Waals surface area contributed by atoms with Crippen molar-refractivity contribution in [2.45, 2.75) is 10.8 Å². The van der Waals surface area contributed by atoms with Crippen molar-refractivity contribution >= 4 is 17.6 Å². The number of ether oxygens (including phenoxy) is 1. The first-order valence-corrected chi connectivity index (χ1v) is 5.48. The summed E-state index contributed by atoms with van der Waals surface area (Å²) in [5, 5.41) is 8.47. The normalized spacial score (nSPS) is 24.9. The summed E-state index contributed by atoms with van der Waals surface area (Å²) in [6.45, 7) is 0.0711. The second-order valence-corrected chi connectivity index (χ2v) is 4.54. The number of rotatable bonds is 2. The van der Waals surface area contributed by atoms with Gasteiger partial charge in [0, 0.05) is 6.20 Å². The van der Waals surface area contributed by atoms with Crippen molar-refractivity contribution in [2.24, 2.45) is 0 Å². The van der Waals surface area contributed by atoms with Crippen LogP contribution in [0.5, 0.6) is 0 Å². The maximum Gasteiger partial charge on any atom is 0.350 e. The first kappa shape index (κ1) is 11.4. The minimum atomic E-state index is -0.743. The Bertz CT molecular complexity index is 453. The maximum absolute atomic E-state index is 13.1. The molecule has 88 valence electrons. The summed E-state index contributed by atoms with van der Waals surface area (Å²) < 4.78 is 19.4. The van der Waals surface area contributed by atoms with Gasteiger partial charge in [-0.15, -0.1) is 11.8 Å². The first-order chi connectivity index (χ1) is 7.61. The number of nitrogens with two attached hydrogens (primary N) is 1. The predicted octanol–water partition coefficient (Wildman–Crippen LogP) is -0.455. The third-order valence-corrected chi connectivity index (χ3v) is 3.39. The Kier molecular flexibility index (Phi) is 3.13. The second-order valence-electron chi connectivity index (χ2n) is 3.20. The molecule has 0 spiro atoms. The number of aliphatic hydroxyl groups is 1. The molecule has 1 fully saturated rings. The third-order valence-electron chi connectivity index (χ3n) is 2.13. The number of hydrogen-bond donors (Lipinski definition) is 2. The molecule has 0 amide bonds. The molecule has 1 aliphatic heterocycles. The Balaban J connectivity index is 2.28. The second kappa shape index (κ2) is 4.40. The lowest BCUT2D eigenvalue weighted by Crippen LogP contribution is -2.27. The van der Waals surface area contributed by atoms with Crippen LogP contribution in [-0.2, 0) is 4.74 Å². The summed E-state index contributed by atoms with van der Waals surface area (Å²) in [7, 11) is 0. The Morgan fingerprint density at radius 1 is 1.81 bits per heavy atom. The lowest BCUT2D eigenvalue weighted by Gasteiger charge is -2.11. The Hall–Kier alpha value is -1.12. The molecule has 6 nitrogen and oxygen atoms in total. The molecule has 1 aliphatic rings. The number of halogens is 1. The minimum Gasteiger partial charge on any atom is -0.393 e. The predicted molar refractivity (Wildman–Crippen MR) is 56.3 cm³/mol. The van der Waals surface area contributed by atoms with Crippen molar-refractivity contribution in [1.82, 2.24) is 9.55 Å². The van der Waals surface area contributed by atoms with E-state index in [4.69, 9.17) is 15.6 Å². The zero-order valence-corrected chi connectivity index (χ0v) is 8.98. The summed E-state index contributed by atoms with van der Waals surface area (Å²) in [5.41, 5.74) is 4.15. The van der Waals surface area contributed by atoms with Crippen LogP contribution < -0.4 is 11.4 Å². The van der Waals surface area contributed by atoms with Gasteiger partial charge in [0.25, 0.3) is 0 Å². The standard InChI is InChI=1S/C8H10FN3O3S/c9-4-1-12(8(14)11-7(4)10)5-3-15-6(2-13)16-5/h1,5-6,13H,2-3H2,(H2,10,11,14)/t5-,6+/m0/s1. The number of thioether (sulfide) groups is 1. The van der Waals surface area contributed by atoms with Gasteiger partial charge in [0.2, 0.25) is 0 Å². The molecular weight excluding hydrogens is 237 g/mol. The zero-order valence-electron chi connectivity index (χ0n) is 8.17. The van der Waals surface area contributed by atoms with Crippen LogP contribution in [0, 0.1) is 5.82 Å². The van der Waals surface area contributed by atoms with Crippen molar-refractivity contribution in [3.05, 3.63) is 22.5 Å². The molecule has 2 atom stereocenters. The van der Waals surface area contributed by atoms with Gasteiger partial charge in [-0.1, -0.05) is 0 Å². The molecule has 1 aromatic heterocycles. The molecule has 0 aliphatic carbocycles. The Morgan fingerprint density at radius 3 is 3.19 bits per heavy atom. The smallest absolute Gasteiger partial charge is 0.350 e. The van der Waals surface area contributed by atoms with Crippen LogP contribution in [0.4, 0.5) is 10.2 Å². The molecule has 0 saturated carbocycles. The Labute approximate surface area is 94.2 Å². The lowest BCUT2D eigenvalue weighted by atomic mass is 10.5. The van der Waals surface area contributed by atoms with Crippen LogP contribution in [0.1, 0.15) is 5.37 Å². The molecular formula is C8H10FN3O3S. The molecule has 0 bridgehead atoms. The van der Waals surface area contributed by atoms with Crippen LogP contribution >= 0.6 is 11.8 Å². The van der Waals surface area contributed by atoms with Crippen LogP contribution in [-0.4, -0.2) is 33.3 Å². The monoisotopic (exact) mass is 247 g/mol. The fourth-order valence-electron chi connectivity index (χ4n) is 1.35. The number of anilines is 1. The van der Waals surface area contributed by atoms with E-state index in [0.29, 0.717) is 0 Å². The summed E-state index contributed by atoms with van der Waals surface area (Å²) in [6.07, 6.45) is 1.01. The van der Waals surface area contributed by atoms with Gasteiger partial charge in [-0.3, -0.25) is 4.57 Å². The van der Waals surface area contributed by atoms with E-state index in [-0.39, 0.29) is 18.6 Å². The first-order valence-electron chi connectivity index (χ1n) is 4.54. The van der Waals surface area contributed by atoms with E-state index >= 15 is 0 Å². The van der Waals surface area contributed by atoms with Gasteiger partial charge in [-0.25, -0.2) is 9.18 Å². The molecule has 0 aromatic carbocycles. The average Bonchev–Trinajstić information content (AvgIpc) is 2.71. The van der Waals surface area contributed by atoms with Crippen LogP contribution in [0.3, 0.4) is 0 Å². The summed E-state index contributed by atoms with van der Waals surface area (Å²) in [5.74, 6) is -1.16. The SMILES string of the molecule is Nc1nc(=O)n([C@@H]2CO[C@@H](CO)S2)cc1F. The van der Waals surface area contributed by atoms with E-state index in [9.17, 15) is 9.18 Å². The number of hydrogen-bond acceptors (Lipinski definition) is 6. The summed E-state index contributed by atoms with van der Waals surface area (Å²) in [6, 6.07) is 0. The van der Waals surface area contributed by atoms with Gasteiger partial charge < -0.3 is 15.6 Å². The van der Waals surface area contributed by atoms with Crippen LogP contribution in [0.25, 0.3) is 0 Å². The number of nitrogens with zero attached hydrogens (tertiary/aromatic N) is 2. The van der Waals surface area contributed by atoms with Gasteiger partial charge >= 0.3 is 5.69 Å². The van der Waals surface area contributed by atoms with Gasteiger partial charge in [-0.05, 0) is 0 Å². The molecule has 3 N–H and O–H groups in total. The summed E-state index contributed by atoms with van der Waals surface area (Å²) in [4.78, 5) is 14.8. The average molecular weight is 247 g/mol. The molecule has 8 heteroatoms. The van der Waals surface area contributed by atoms with Crippen LogP contribution in [0.2, 0.25) is 0 Å². The lowest BCUT2D eigenvalue weighted by molar-refractivity contribution is 0.0802. The fourth-order valence-corrected chi connectivity index (χ4v) is 2.38. The number of aliphatic hydroxyl groups excluding tert-OH is 1. The molecule has 16 heavy (non-hydrogen) atoms. The highest BCUT2D eigenvalue weighted by Crippen LogP contribution is 2.34. The molecule has 1 aromatic rings. The van der Waals surface area contributed by atoms with Crippen molar-refractivity contribution < 1.29 is 14.2 Å². The third kappa shape index (κ3) is 2.04. The Morgan fingerprint density at radius 2 is 2.56 bits per heavy atom. The fraction of sp³-hybridized carbons (Fsp3) is 0.500. The highest BCUT2D eigenvalue weighted by atomic mass is 32.2. The van der Waals surface area contributed by atoms with Gasteiger partial charge in [0.05, 0.1) is 13.2 Å². The van der Waals surface area contributed by atoms with Crippen molar-refractivity contribution in [1.29, 1.82) is 0 Å². The zero-order chi connectivity index (χ0) is 11.7. The summed E-state index contributed by atoms with van der Waals surface area (Å²) >= 11 is 1.24. The topological polar surface area (TPSA) is 90.4 Å². The molecule has 2 rings (SSSR count).